The molecular formula is C12H19N7OS. The fourth-order valence-corrected chi connectivity index (χ4v) is 2.84. The van der Waals surface area contributed by atoms with Crippen LogP contribution in [0.1, 0.15) is 39.1 Å². The first kappa shape index (κ1) is 15.5. The molecule has 0 amide bonds. The highest BCUT2D eigenvalue weighted by Crippen LogP contribution is 2.26. The largest absolute Gasteiger partial charge is 0.344 e. The number of aromatic nitrogens is 5. The molecule has 0 atom stereocenters. The Morgan fingerprint density at radius 3 is 2.86 bits per heavy atom. The molecule has 21 heavy (non-hydrogen) atoms. The highest BCUT2D eigenvalue weighted by molar-refractivity contribution is 7.99. The van der Waals surface area contributed by atoms with Crippen LogP contribution in [0.25, 0.3) is 0 Å². The van der Waals surface area contributed by atoms with Gasteiger partial charge < -0.3 is 5.43 Å². The molecule has 0 bridgehead atoms. The first-order valence-corrected chi connectivity index (χ1v) is 7.56. The molecule has 0 aromatic carbocycles. The molecule has 2 heterocycles. The van der Waals surface area contributed by atoms with Crippen molar-refractivity contribution < 1.29 is 0 Å². The van der Waals surface area contributed by atoms with Crippen LogP contribution in [0.3, 0.4) is 0 Å². The van der Waals surface area contributed by atoms with Crippen molar-refractivity contribution in [2.75, 3.05) is 5.43 Å². The lowest BCUT2D eigenvalue weighted by atomic mass is 10.3. The van der Waals surface area contributed by atoms with Crippen LogP contribution in [0.5, 0.6) is 0 Å². The maximum Gasteiger partial charge on any atom is 0.344 e. The number of hydrazine groups is 1. The summed E-state index contributed by atoms with van der Waals surface area (Å²) in [6.45, 7) is 5.91. The number of aryl methyl sites for hydroxylation is 1. The minimum atomic E-state index is -0.229. The van der Waals surface area contributed by atoms with Crippen molar-refractivity contribution in [3.63, 3.8) is 0 Å². The quantitative estimate of drug-likeness (QED) is 0.419. The standard InChI is InChI=1S/C12H19N7OS/c1-4-5-8-14-9(16-13)6-10(15-8)21-12-18-17-11(20)19(12)7(2)3/h6-7H,4-5,13H2,1-3H3,(H,17,20)(H,14,15,16). The number of nitrogens with zero attached hydrogens (tertiary/aromatic N) is 4. The number of nitrogens with one attached hydrogen (secondary N) is 2. The Morgan fingerprint density at radius 2 is 2.24 bits per heavy atom. The Morgan fingerprint density at radius 1 is 1.48 bits per heavy atom. The molecule has 8 nitrogen and oxygen atoms in total. The summed E-state index contributed by atoms with van der Waals surface area (Å²) in [6.07, 6.45) is 1.71. The molecule has 0 saturated heterocycles. The molecule has 0 spiro atoms. The first-order chi connectivity index (χ1) is 10.0. The highest BCUT2D eigenvalue weighted by atomic mass is 32.2. The van der Waals surface area contributed by atoms with Crippen LogP contribution in [0.2, 0.25) is 0 Å². The van der Waals surface area contributed by atoms with Crippen molar-refractivity contribution >= 4 is 17.6 Å². The molecule has 0 fully saturated rings. The molecule has 2 aromatic rings. The maximum atomic E-state index is 11.7. The fourth-order valence-electron chi connectivity index (χ4n) is 1.85. The molecule has 4 N–H and O–H groups in total. The SMILES string of the molecule is CCCc1nc(NN)cc(Sc2n[nH]c(=O)n2C(C)C)n1. The van der Waals surface area contributed by atoms with Gasteiger partial charge in [0.1, 0.15) is 16.7 Å². The average Bonchev–Trinajstić information content (AvgIpc) is 2.79. The Bertz CT molecular complexity index is 664. The van der Waals surface area contributed by atoms with E-state index < -0.39 is 0 Å². The van der Waals surface area contributed by atoms with E-state index in [0.29, 0.717) is 21.8 Å². The van der Waals surface area contributed by atoms with Crippen LogP contribution in [0.15, 0.2) is 21.0 Å². The van der Waals surface area contributed by atoms with Gasteiger partial charge in [-0.15, -0.1) is 5.10 Å². The lowest BCUT2D eigenvalue weighted by Gasteiger charge is -2.09. The summed E-state index contributed by atoms with van der Waals surface area (Å²) in [4.78, 5) is 20.5. The third kappa shape index (κ3) is 3.61. The summed E-state index contributed by atoms with van der Waals surface area (Å²) >= 11 is 1.31. The molecule has 0 saturated carbocycles. The third-order valence-electron chi connectivity index (χ3n) is 2.75. The lowest BCUT2D eigenvalue weighted by molar-refractivity contribution is 0.534. The average molecular weight is 309 g/mol. The number of hydrogen-bond donors (Lipinski definition) is 3. The topological polar surface area (TPSA) is 115 Å². The van der Waals surface area contributed by atoms with E-state index in [-0.39, 0.29) is 11.7 Å². The zero-order valence-corrected chi connectivity index (χ0v) is 13.1. The molecule has 2 aromatic heterocycles. The molecule has 9 heteroatoms. The Kier molecular flexibility index (Phi) is 4.97. The van der Waals surface area contributed by atoms with Gasteiger partial charge in [0.05, 0.1) is 0 Å². The van der Waals surface area contributed by atoms with Crippen molar-refractivity contribution in [1.29, 1.82) is 0 Å². The fraction of sp³-hybridized carbons (Fsp3) is 0.500. The normalized spacial score (nSPS) is 11.1. The van der Waals surface area contributed by atoms with Crippen LogP contribution in [-0.2, 0) is 6.42 Å². The summed E-state index contributed by atoms with van der Waals surface area (Å²) in [5.41, 5.74) is 2.30. The molecule has 0 unspecified atom stereocenters. The van der Waals surface area contributed by atoms with Crippen molar-refractivity contribution in [3.8, 4) is 0 Å². The number of rotatable bonds is 6. The third-order valence-corrected chi connectivity index (χ3v) is 3.64. The van der Waals surface area contributed by atoms with E-state index in [0.717, 1.165) is 12.8 Å². The van der Waals surface area contributed by atoms with Gasteiger partial charge in [-0.2, -0.15) is 0 Å². The second-order valence-electron chi connectivity index (χ2n) is 4.78. The van der Waals surface area contributed by atoms with Gasteiger partial charge in [-0.1, -0.05) is 6.92 Å². The number of nitrogens with two attached hydrogens (primary N) is 1. The van der Waals surface area contributed by atoms with Gasteiger partial charge >= 0.3 is 5.69 Å². The van der Waals surface area contributed by atoms with Crippen LogP contribution in [0.4, 0.5) is 5.82 Å². The van der Waals surface area contributed by atoms with Gasteiger partial charge in [0.15, 0.2) is 5.16 Å². The van der Waals surface area contributed by atoms with Gasteiger partial charge in [0, 0.05) is 18.5 Å². The molecule has 0 aliphatic rings. The minimum Gasteiger partial charge on any atom is -0.308 e. The van der Waals surface area contributed by atoms with E-state index in [9.17, 15) is 4.79 Å². The summed E-state index contributed by atoms with van der Waals surface area (Å²) in [5, 5.41) is 7.77. The number of nitrogen functional groups attached to an aromatic ring is 1. The zero-order valence-electron chi connectivity index (χ0n) is 12.3. The molecule has 0 radical (unpaired) electrons. The Hall–Kier alpha value is -1.87. The minimum absolute atomic E-state index is 0.0165. The Labute approximate surface area is 126 Å². The second-order valence-corrected chi connectivity index (χ2v) is 5.77. The second kappa shape index (κ2) is 6.72. The predicted molar refractivity (Wildman–Crippen MR) is 81.2 cm³/mol. The first-order valence-electron chi connectivity index (χ1n) is 6.74. The number of aromatic amines is 1. The van der Waals surface area contributed by atoms with E-state index in [1.54, 1.807) is 10.6 Å². The lowest BCUT2D eigenvalue weighted by Crippen LogP contribution is -2.19. The van der Waals surface area contributed by atoms with Crippen LogP contribution in [0, 0.1) is 0 Å². The number of H-pyrrole nitrogens is 1. The van der Waals surface area contributed by atoms with E-state index in [2.05, 4.69) is 32.5 Å². The van der Waals surface area contributed by atoms with Crippen molar-refractivity contribution in [2.24, 2.45) is 5.84 Å². The summed E-state index contributed by atoms with van der Waals surface area (Å²) in [6, 6.07) is 1.75. The van der Waals surface area contributed by atoms with Gasteiger partial charge in [-0.25, -0.2) is 25.7 Å². The summed E-state index contributed by atoms with van der Waals surface area (Å²) in [7, 11) is 0. The van der Waals surface area contributed by atoms with Crippen LogP contribution < -0.4 is 17.0 Å². The van der Waals surface area contributed by atoms with Crippen molar-refractivity contribution in [1.82, 2.24) is 24.7 Å². The van der Waals surface area contributed by atoms with E-state index >= 15 is 0 Å². The number of anilines is 1. The van der Waals surface area contributed by atoms with Crippen molar-refractivity contribution in [2.45, 2.75) is 49.8 Å². The van der Waals surface area contributed by atoms with Gasteiger partial charge in [0.2, 0.25) is 0 Å². The van der Waals surface area contributed by atoms with Crippen LogP contribution >= 0.6 is 11.8 Å². The van der Waals surface area contributed by atoms with Crippen LogP contribution in [-0.4, -0.2) is 24.7 Å². The van der Waals surface area contributed by atoms with Crippen molar-refractivity contribution in [3.05, 3.63) is 22.4 Å². The van der Waals surface area contributed by atoms with E-state index in [1.165, 1.54) is 11.8 Å². The summed E-state index contributed by atoms with van der Waals surface area (Å²) in [5.74, 6) is 6.69. The van der Waals surface area contributed by atoms with Gasteiger partial charge in [0.25, 0.3) is 0 Å². The number of hydrogen-bond acceptors (Lipinski definition) is 7. The molecule has 0 aliphatic carbocycles. The van der Waals surface area contributed by atoms with Gasteiger partial charge in [-0.3, -0.25) is 4.57 Å². The molecule has 114 valence electrons. The van der Waals surface area contributed by atoms with E-state index in [4.69, 9.17) is 5.84 Å². The highest BCUT2D eigenvalue weighted by Gasteiger charge is 2.14. The monoisotopic (exact) mass is 309 g/mol. The van der Waals surface area contributed by atoms with Gasteiger partial charge in [-0.05, 0) is 32.0 Å². The summed E-state index contributed by atoms with van der Waals surface area (Å²) < 4.78 is 1.59. The zero-order chi connectivity index (χ0) is 15.4. The molecular weight excluding hydrogens is 290 g/mol. The van der Waals surface area contributed by atoms with E-state index in [1.807, 2.05) is 13.8 Å². The predicted octanol–water partition coefficient (Wildman–Crippen LogP) is 1.33. The smallest absolute Gasteiger partial charge is 0.308 e. The Balaban J connectivity index is 2.35. The maximum absolute atomic E-state index is 11.7. The molecule has 0 aliphatic heterocycles. The molecule has 2 rings (SSSR count).